The summed E-state index contributed by atoms with van der Waals surface area (Å²) in [5.74, 6) is -1.74. The smallest absolute Gasteiger partial charge is 0.383 e. The van der Waals surface area contributed by atoms with Crippen molar-refractivity contribution in [2.24, 2.45) is 5.41 Å². The van der Waals surface area contributed by atoms with Crippen LogP contribution in [-0.4, -0.2) is 27.0 Å². The maximum atomic E-state index is 15.2. The van der Waals surface area contributed by atoms with E-state index in [1.807, 2.05) is 13.0 Å². The van der Waals surface area contributed by atoms with E-state index < -0.39 is 34.6 Å². The summed E-state index contributed by atoms with van der Waals surface area (Å²) in [4.78, 5) is 12.8. The number of hydrogen-bond donors (Lipinski definition) is 2. The maximum Gasteiger partial charge on any atom is 0.394 e. The molecule has 8 nitrogen and oxygen atoms in total. The number of nitrogens with two attached hydrogens (primary N) is 1. The van der Waals surface area contributed by atoms with Gasteiger partial charge in [0.05, 0.1) is 22.6 Å². The van der Waals surface area contributed by atoms with Crippen LogP contribution in [0.1, 0.15) is 68.7 Å². The van der Waals surface area contributed by atoms with Crippen LogP contribution in [0.2, 0.25) is 0 Å². The highest BCUT2D eigenvalue weighted by atomic mass is 19.4. The highest BCUT2D eigenvalue weighted by Crippen LogP contribution is 2.78. The van der Waals surface area contributed by atoms with Gasteiger partial charge in [-0.3, -0.25) is 10.1 Å². The van der Waals surface area contributed by atoms with Gasteiger partial charge in [0.2, 0.25) is 11.8 Å². The van der Waals surface area contributed by atoms with Crippen molar-refractivity contribution >= 4 is 17.6 Å². The van der Waals surface area contributed by atoms with Crippen LogP contribution in [0.3, 0.4) is 0 Å². The summed E-state index contributed by atoms with van der Waals surface area (Å²) < 4.78 is 61.4. The lowest BCUT2D eigenvalue weighted by Crippen LogP contribution is -2.70. The number of benzene rings is 1. The third-order valence-electron chi connectivity index (χ3n) is 8.59. The van der Waals surface area contributed by atoms with E-state index in [1.54, 1.807) is 17.7 Å². The molecule has 1 atom stereocenters. The summed E-state index contributed by atoms with van der Waals surface area (Å²) in [7, 11) is 0. The zero-order valence-electron chi connectivity index (χ0n) is 20.6. The lowest BCUT2D eigenvalue weighted by atomic mass is 9.34. The van der Waals surface area contributed by atoms with Gasteiger partial charge in [-0.05, 0) is 63.6 Å². The van der Waals surface area contributed by atoms with E-state index in [9.17, 15) is 23.2 Å². The van der Waals surface area contributed by atoms with E-state index in [0.29, 0.717) is 11.3 Å². The molecule has 4 saturated carbocycles. The lowest BCUT2D eigenvalue weighted by Gasteiger charge is -2.69. The molecule has 4 aliphatic carbocycles. The monoisotopic (exact) mass is 528 g/mol. The zero-order valence-corrected chi connectivity index (χ0v) is 20.6. The number of carbonyl (C=O) groups is 1. The highest BCUT2D eigenvalue weighted by molar-refractivity contribution is 5.94. The molecule has 12 heteroatoms. The minimum atomic E-state index is -4.23. The number of carbonyl (C=O) groups excluding carboxylic acids is 1. The van der Waals surface area contributed by atoms with Crippen LogP contribution in [0.4, 0.5) is 29.3 Å². The molecule has 0 saturated heterocycles. The van der Waals surface area contributed by atoms with Crippen molar-refractivity contribution in [3.05, 3.63) is 46.9 Å². The molecule has 1 aromatic carbocycles. The first-order valence-electron chi connectivity index (χ1n) is 12.3. The van der Waals surface area contributed by atoms with Crippen LogP contribution in [0.15, 0.2) is 28.8 Å². The summed E-state index contributed by atoms with van der Waals surface area (Å²) >= 11 is 0. The standard InChI is InChI=1S/C26H24F4N6O2/c1-13(22(37)33-19-8-18(35-38-19)24-10-25(11-24,12-24)26(28,29)30)14-3-4-15(17(27)7-14)20-16(9-31)21(32)36(34-20)23(2)5-6-23/h3-4,7-8,13H,5-6,10-12,32H2,1-2H3,(H,33,37). The van der Waals surface area contributed by atoms with Gasteiger partial charge in [0.1, 0.15) is 29.0 Å². The zero-order chi connectivity index (χ0) is 27.3. The molecule has 1 amide bonds. The predicted molar refractivity (Wildman–Crippen MR) is 127 cm³/mol. The Labute approximate surface area is 214 Å². The topological polar surface area (TPSA) is 123 Å². The number of aromatic nitrogens is 3. The summed E-state index contributed by atoms with van der Waals surface area (Å²) in [6.07, 6.45) is -2.58. The second-order valence-electron chi connectivity index (χ2n) is 11.2. The summed E-state index contributed by atoms with van der Waals surface area (Å²) in [6, 6.07) is 7.71. The van der Waals surface area contributed by atoms with Crippen LogP contribution >= 0.6 is 0 Å². The number of nitrogens with one attached hydrogen (secondary N) is 1. The van der Waals surface area contributed by atoms with E-state index in [2.05, 4.69) is 15.6 Å². The van der Waals surface area contributed by atoms with Crippen molar-refractivity contribution in [2.45, 2.75) is 69.0 Å². The molecule has 4 aliphatic rings. The molecular formula is C26H24F4N6O2. The number of nitrogen functional groups attached to an aromatic ring is 1. The third kappa shape index (κ3) is 3.37. The second kappa shape index (κ2) is 7.58. The van der Waals surface area contributed by atoms with Crippen molar-refractivity contribution < 1.29 is 26.9 Å². The number of anilines is 2. The van der Waals surface area contributed by atoms with Gasteiger partial charge < -0.3 is 10.3 Å². The highest BCUT2D eigenvalue weighted by Gasteiger charge is 2.79. The SMILES string of the molecule is CC(C(=O)Nc1cc(C23CC(C(F)(F)F)(C2)C3)no1)c1ccc(-c2nn(C3(C)CC3)c(N)c2C#N)c(F)c1. The molecule has 3 N–H and O–H groups in total. The van der Waals surface area contributed by atoms with Gasteiger partial charge >= 0.3 is 6.18 Å². The second-order valence-corrected chi connectivity index (χ2v) is 11.2. The lowest BCUT2D eigenvalue weighted by molar-refractivity contribution is -0.338. The van der Waals surface area contributed by atoms with Gasteiger partial charge in [0.15, 0.2) is 0 Å². The molecule has 7 rings (SSSR count). The normalized spacial score (nSPS) is 25.6. The summed E-state index contributed by atoms with van der Waals surface area (Å²) in [5, 5.41) is 20.5. The predicted octanol–water partition coefficient (Wildman–Crippen LogP) is 5.37. The Morgan fingerprint density at radius 3 is 2.53 bits per heavy atom. The Morgan fingerprint density at radius 2 is 1.95 bits per heavy atom. The van der Waals surface area contributed by atoms with Crippen LogP contribution in [0.5, 0.6) is 0 Å². The molecule has 4 fully saturated rings. The van der Waals surface area contributed by atoms with Crippen molar-refractivity contribution in [1.29, 1.82) is 5.26 Å². The van der Waals surface area contributed by atoms with Crippen molar-refractivity contribution in [3.8, 4) is 17.3 Å². The number of rotatable bonds is 6. The molecule has 0 spiro atoms. The average Bonchev–Trinajstić information content (AvgIpc) is 3.21. The van der Waals surface area contributed by atoms with Crippen LogP contribution < -0.4 is 11.1 Å². The fourth-order valence-corrected chi connectivity index (χ4v) is 5.85. The Hall–Kier alpha value is -3.88. The Bertz CT molecular complexity index is 1510. The van der Waals surface area contributed by atoms with Crippen LogP contribution in [-0.2, 0) is 15.7 Å². The molecule has 198 valence electrons. The Morgan fingerprint density at radius 1 is 1.26 bits per heavy atom. The fourth-order valence-electron chi connectivity index (χ4n) is 5.85. The number of alkyl halides is 3. The number of amides is 1. The minimum Gasteiger partial charge on any atom is -0.383 e. The largest absolute Gasteiger partial charge is 0.394 e. The third-order valence-corrected chi connectivity index (χ3v) is 8.59. The quantitative estimate of drug-likeness (QED) is 0.415. The number of halogens is 4. The Kier molecular flexibility index (Phi) is 4.88. The molecule has 0 radical (unpaired) electrons. The van der Waals surface area contributed by atoms with E-state index in [0.717, 1.165) is 12.8 Å². The van der Waals surface area contributed by atoms with Crippen molar-refractivity contribution in [3.63, 3.8) is 0 Å². The van der Waals surface area contributed by atoms with Gasteiger partial charge in [-0.15, -0.1) is 0 Å². The van der Waals surface area contributed by atoms with E-state index >= 15 is 4.39 Å². The van der Waals surface area contributed by atoms with Crippen molar-refractivity contribution in [2.75, 3.05) is 11.1 Å². The fraction of sp³-hybridized carbons (Fsp3) is 0.462. The molecule has 2 aromatic heterocycles. The van der Waals surface area contributed by atoms with Gasteiger partial charge in [-0.2, -0.15) is 23.5 Å². The molecular weight excluding hydrogens is 504 g/mol. The molecule has 0 aliphatic heterocycles. The minimum absolute atomic E-state index is 0.0213. The van der Waals surface area contributed by atoms with Crippen LogP contribution in [0, 0.1) is 22.6 Å². The van der Waals surface area contributed by atoms with Crippen molar-refractivity contribution in [1.82, 2.24) is 14.9 Å². The molecule has 2 bridgehead atoms. The first-order chi connectivity index (χ1) is 17.8. The van der Waals surface area contributed by atoms with E-state index in [4.69, 9.17) is 10.3 Å². The molecule has 1 unspecified atom stereocenters. The number of nitrogens with zero attached hydrogens (tertiary/aromatic N) is 4. The van der Waals surface area contributed by atoms with Gasteiger partial charge in [0, 0.05) is 17.0 Å². The van der Waals surface area contributed by atoms with E-state index in [-0.39, 0.29) is 53.3 Å². The first kappa shape index (κ1) is 24.5. The molecule has 3 aromatic rings. The maximum absolute atomic E-state index is 15.2. The summed E-state index contributed by atoms with van der Waals surface area (Å²) in [5.41, 5.74) is 4.69. The number of hydrogen-bond acceptors (Lipinski definition) is 6. The number of nitriles is 1. The van der Waals surface area contributed by atoms with Gasteiger partial charge in [0.25, 0.3) is 0 Å². The first-order valence-corrected chi connectivity index (χ1v) is 12.3. The van der Waals surface area contributed by atoms with Crippen LogP contribution in [0.25, 0.3) is 11.3 Å². The van der Waals surface area contributed by atoms with E-state index in [1.165, 1.54) is 18.2 Å². The summed E-state index contributed by atoms with van der Waals surface area (Å²) in [6.45, 7) is 3.54. The molecule has 2 heterocycles. The Balaban J connectivity index is 1.16. The molecule has 38 heavy (non-hydrogen) atoms. The van der Waals surface area contributed by atoms with Gasteiger partial charge in [-0.25, -0.2) is 9.07 Å². The average molecular weight is 529 g/mol. The van der Waals surface area contributed by atoms with Gasteiger partial charge in [-0.1, -0.05) is 11.2 Å².